The minimum atomic E-state index is 0.941. The second-order valence-electron chi connectivity index (χ2n) is 4.46. The van der Waals surface area contributed by atoms with Gasteiger partial charge in [-0.2, -0.15) is 0 Å². The molecule has 0 unspecified atom stereocenters. The van der Waals surface area contributed by atoms with Gasteiger partial charge in [-0.15, -0.1) is 0 Å². The van der Waals surface area contributed by atoms with Crippen LogP contribution in [0.3, 0.4) is 0 Å². The number of pyridine rings is 2. The van der Waals surface area contributed by atoms with Crippen molar-refractivity contribution in [1.82, 2.24) is 15.0 Å². The summed E-state index contributed by atoms with van der Waals surface area (Å²) in [5, 5.41) is 1.17. The molecule has 0 fully saturated rings. The number of nitrogens with one attached hydrogen (secondary N) is 1. The van der Waals surface area contributed by atoms with Gasteiger partial charge in [-0.3, -0.25) is 4.98 Å². The quantitative estimate of drug-likeness (QED) is 0.702. The summed E-state index contributed by atoms with van der Waals surface area (Å²) in [6.45, 7) is 0. The summed E-state index contributed by atoms with van der Waals surface area (Å²) in [5.41, 5.74) is 6.03. The van der Waals surface area contributed by atoms with E-state index in [4.69, 9.17) is 0 Å². The molecule has 4 rings (SSSR count). The molecule has 1 aliphatic carbocycles. The van der Waals surface area contributed by atoms with Crippen molar-refractivity contribution >= 4 is 16.6 Å². The second kappa shape index (κ2) is 3.53. The molecule has 0 saturated carbocycles. The first-order valence-electron chi connectivity index (χ1n) is 5.99. The van der Waals surface area contributed by atoms with Crippen LogP contribution in [0.25, 0.3) is 16.6 Å². The first-order chi connectivity index (χ1) is 8.93. The van der Waals surface area contributed by atoms with Gasteiger partial charge in [0.15, 0.2) is 0 Å². The zero-order valence-electron chi connectivity index (χ0n) is 9.72. The van der Waals surface area contributed by atoms with Gasteiger partial charge >= 0.3 is 0 Å². The Bertz CT molecular complexity index is 768. The Kier molecular flexibility index (Phi) is 1.88. The lowest BCUT2D eigenvalue weighted by Crippen LogP contribution is -1.87. The molecule has 3 aromatic rings. The van der Waals surface area contributed by atoms with E-state index in [1.54, 1.807) is 0 Å². The van der Waals surface area contributed by atoms with Crippen molar-refractivity contribution in [3.63, 3.8) is 0 Å². The lowest BCUT2D eigenvalue weighted by atomic mass is 10.0. The monoisotopic (exact) mass is 233 g/mol. The molecule has 3 nitrogen and oxygen atoms in total. The number of H-pyrrole nitrogens is 1. The van der Waals surface area contributed by atoms with Gasteiger partial charge in [0.05, 0.1) is 0 Å². The van der Waals surface area contributed by atoms with Crippen LogP contribution < -0.4 is 0 Å². The Hall–Kier alpha value is -2.42. The number of nitrogens with zero attached hydrogens (tertiary/aromatic N) is 2. The summed E-state index contributed by atoms with van der Waals surface area (Å²) in [6.07, 6.45) is 10.9. The summed E-state index contributed by atoms with van der Waals surface area (Å²) < 4.78 is 0. The van der Waals surface area contributed by atoms with Gasteiger partial charge in [0.2, 0.25) is 0 Å². The number of hydrogen-bond donors (Lipinski definition) is 1. The summed E-state index contributed by atoms with van der Waals surface area (Å²) in [4.78, 5) is 11.7. The first kappa shape index (κ1) is 9.59. The van der Waals surface area contributed by atoms with E-state index in [0.29, 0.717) is 0 Å². The summed E-state index contributed by atoms with van der Waals surface area (Å²) in [6, 6.07) is 6.17. The first-order valence-corrected chi connectivity index (χ1v) is 5.99. The average molecular weight is 233 g/mol. The predicted octanol–water partition coefficient (Wildman–Crippen LogP) is 2.95. The molecule has 1 N–H and O–H groups in total. The Morgan fingerprint density at radius 3 is 3.11 bits per heavy atom. The minimum absolute atomic E-state index is 0.941. The fourth-order valence-electron chi connectivity index (χ4n) is 2.61. The Labute approximate surface area is 104 Å². The molecular formula is C15H11N3. The normalized spacial score (nSPS) is 13.7. The fourth-order valence-corrected chi connectivity index (χ4v) is 2.61. The van der Waals surface area contributed by atoms with E-state index in [2.05, 4.69) is 33.2 Å². The molecule has 3 heteroatoms. The molecule has 0 bridgehead atoms. The predicted molar refractivity (Wildman–Crippen MR) is 71.1 cm³/mol. The van der Waals surface area contributed by atoms with Gasteiger partial charge in [0.25, 0.3) is 0 Å². The highest BCUT2D eigenvalue weighted by molar-refractivity contribution is 5.97. The third-order valence-electron chi connectivity index (χ3n) is 3.46. The molecule has 0 aliphatic heterocycles. The Morgan fingerprint density at radius 2 is 2.11 bits per heavy atom. The molecule has 3 aromatic heterocycles. The highest BCUT2D eigenvalue weighted by Crippen LogP contribution is 2.35. The van der Waals surface area contributed by atoms with E-state index in [1.165, 1.54) is 27.6 Å². The van der Waals surface area contributed by atoms with Crippen molar-refractivity contribution in [1.29, 1.82) is 0 Å². The number of fused-ring (bicyclic) bond motifs is 2. The van der Waals surface area contributed by atoms with Crippen LogP contribution in [-0.2, 0) is 6.42 Å². The van der Waals surface area contributed by atoms with E-state index >= 15 is 0 Å². The SMILES string of the molecule is C1=C(c2c[nH]c3ncccc23)c2ccncc2C1. The zero-order chi connectivity index (χ0) is 11.9. The van der Waals surface area contributed by atoms with Crippen LogP contribution in [0.2, 0.25) is 0 Å². The molecule has 0 amide bonds. The van der Waals surface area contributed by atoms with E-state index in [1.807, 2.05) is 30.9 Å². The molecule has 0 saturated heterocycles. The van der Waals surface area contributed by atoms with Gasteiger partial charge in [-0.05, 0) is 41.3 Å². The molecule has 0 spiro atoms. The van der Waals surface area contributed by atoms with Crippen LogP contribution in [0.15, 0.2) is 49.1 Å². The van der Waals surface area contributed by atoms with E-state index < -0.39 is 0 Å². The maximum absolute atomic E-state index is 4.33. The molecule has 0 aromatic carbocycles. The van der Waals surface area contributed by atoms with Crippen LogP contribution in [-0.4, -0.2) is 15.0 Å². The zero-order valence-corrected chi connectivity index (χ0v) is 9.72. The third-order valence-corrected chi connectivity index (χ3v) is 3.46. The fraction of sp³-hybridized carbons (Fsp3) is 0.0667. The number of aromatic amines is 1. The number of hydrogen-bond acceptors (Lipinski definition) is 2. The van der Waals surface area contributed by atoms with Gasteiger partial charge in [0.1, 0.15) is 5.65 Å². The molecule has 3 heterocycles. The molecule has 18 heavy (non-hydrogen) atoms. The molecule has 1 aliphatic rings. The van der Waals surface area contributed by atoms with Gasteiger partial charge in [-0.25, -0.2) is 4.98 Å². The smallest absolute Gasteiger partial charge is 0.137 e. The Balaban J connectivity index is 1.95. The molecule has 0 radical (unpaired) electrons. The second-order valence-corrected chi connectivity index (χ2v) is 4.46. The highest BCUT2D eigenvalue weighted by atomic mass is 14.8. The van der Waals surface area contributed by atoms with Crippen LogP contribution in [0.5, 0.6) is 0 Å². The standard InChI is InChI=1S/C15H11N3/c1-2-13-14(9-18-15(13)17-6-1)12-4-3-10-8-16-7-5-11(10)12/h1-2,4-9H,3H2,(H,17,18). The van der Waals surface area contributed by atoms with Crippen molar-refractivity contribution in [2.75, 3.05) is 0 Å². The Morgan fingerprint density at radius 1 is 1.11 bits per heavy atom. The summed E-state index contributed by atoms with van der Waals surface area (Å²) in [5.74, 6) is 0. The summed E-state index contributed by atoms with van der Waals surface area (Å²) >= 11 is 0. The maximum Gasteiger partial charge on any atom is 0.137 e. The van der Waals surface area contributed by atoms with Crippen molar-refractivity contribution in [2.45, 2.75) is 6.42 Å². The largest absolute Gasteiger partial charge is 0.346 e. The van der Waals surface area contributed by atoms with Crippen LogP contribution in [0.4, 0.5) is 0 Å². The highest BCUT2D eigenvalue weighted by Gasteiger charge is 2.18. The van der Waals surface area contributed by atoms with Gasteiger partial charge in [-0.1, -0.05) is 6.08 Å². The van der Waals surface area contributed by atoms with Crippen LogP contribution in [0.1, 0.15) is 16.7 Å². The van der Waals surface area contributed by atoms with E-state index in [9.17, 15) is 0 Å². The topological polar surface area (TPSA) is 41.6 Å². The van der Waals surface area contributed by atoms with Gasteiger partial charge in [0, 0.05) is 35.7 Å². The minimum Gasteiger partial charge on any atom is -0.346 e. The third kappa shape index (κ3) is 1.24. The summed E-state index contributed by atoms with van der Waals surface area (Å²) in [7, 11) is 0. The average Bonchev–Trinajstić information content (AvgIpc) is 3.01. The van der Waals surface area contributed by atoms with E-state index in [0.717, 1.165) is 12.1 Å². The number of rotatable bonds is 1. The van der Waals surface area contributed by atoms with Crippen molar-refractivity contribution in [3.8, 4) is 0 Å². The maximum atomic E-state index is 4.33. The molecule has 0 atom stereocenters. The number of aromatic nitrogens is 3. The van der Waals surface area contributed by atoms with Gasteiger partial charge < -0.3 is 4.98 Å². The van der Waals surface area contributed by atoms with Crippen LogP contribution in [0, 0.1) is 0 Å². The lowest BCUT2D eigenvalue weighted by molar-refractivity contribution is 1.21. The van der Waals surface area contributed by atoms with Crippen molar-refractivity contribution in [2.24, 2.45) is 0 Å². The van der Waals surface area contributed by atoms with Crippen molar-refractivity contribution < 1.29 is 0 Å². The lowest BCUT2D eigenvalue weighted by Gasteiger charge is -2.03. The van der Waals surface area contributed by atoms with Crippen molar-refractivity contribution in [3.05, 3.63) is 65.8 Å². The number of allylic oxidation sites excluding steroid dienone is 1. The molecular weight excluding hydrogens is 222 g/mol. The molecule has 86 valence electrons. The van der Waals surface area contributed by atoms with E-state index in [-0.39, 0.29) is 0 Å². The van der Waals surface area contributed by atoms with Crippen LogP contribution >= 0.6 is 0 Å².